The highest BCUT2D eigenvalue weighted by Crippen LogP contribution is 2.36. The van der Waals surface area contributed by atoms with Crippen LogP contribution in [-0.2, 0) is 0 Å². The second kappa shape index (κ2) is 10.1. The van der Waals surface area contributed by atoms with Gasteiger partial charge in [-0.25, -0.2) is 4.39 Å². The number of amides is 2. The summed E-state index contributed by atoms with van der Waals surface area (Å²) in [5, 5.41) is 0.152. The number of fused-ring (bicyclic) bond motifs is 1. The van der Waals surface area contributed by atoms with Gasteiger partial charge in [0.15, 0.2) is 5.76 Å². The first-order valence-corrected chi connectivity index (χ1v) is 12.6. The Morgan fingerprint density at radius 1 is 1.08 bits per heavy atom. The summed E-state index contributed by atoms with van der Waals surface area (Å²) >= 11 is 6.12. The Morgan fingerprint density at radius 3 is 2.39 bits per heavy atom. The highest BCUT2D eigenvalue weighted by molar-refractivity contribution is 6.33. The second-order valence-electron chi connectivity index (χ2n) is 9.85. The summed E-state index contributed by atoms with van der Waals surface area (Å²) in [4.78, 5) is 28.9. The van der Waals surface area contributed by atoms with Crippen LogP contribution < -0.4 is 5.73 Å². The third-order valence-corrected chi connectivity index (χ3v) is 7.95. The van der Waals surface area contributed by atoms with Crippen LogP contribution >= 0.6 is 11.6 Å². The van der Waals surface area contributed by atoms with Crippen LogP contribution in [-0.4, -0.2) is 54.3 Å². The van der Waals surface area contributed by atoms with E-state index in [9.17, 15) is 14.0 Å². The number of likely N-dealkylation sites (tertiary alicyclic amines) is 2. The molecule has 3 atom stereocenters. The van der Waals surface area contributed by atoms with Gasteiger partial charge in [0.2, 0.25) is 0 Å². The molecular weight excluding hydrogens is 481 g/mol. The molecule has 2 saturated heterocycles. The van der Waals surface area contributed by atoms with Crippen LogP contribution in [0.2, 0.25) is 5.02 Å². The van der Waals surface area contributed by atoms with Crippen molar-refractivity contribution in [3.63, 3.8) is 0 Å². The monoisotopic (exact) mass is 509 g/mol. The lowest BCUT2D eigenvalue weighted by Gasteiger charge is -2.24. The van der Waals surface area contributed by atoms with Crippen molar-refractivity contribution in [3.8, 4) is 0 Å². The van der Waals surface area contributed by atoms with E-state index in [0.29, 0.717) is 24.9 Å². The van der Waals surface area contributed by atoms with Crippen molar-refractivity contribution >= 4 is 23.4 Å². The van der Waals surface area contributed by atoms with Gasteiger partial charge in [-0.3, -0.25) is 9.59 Å². The molecule has 5 rings (SSSR count). The molecule has 0 bridgehead atoms. The van der Waals surface area contributed by atoms with E-state index in [1.165, 1.54) is 12.1 Å². The third kappa shape index (κ3) is 4.65. The molecule has 8 heteroatoms. The number of furan rings is 1. The minimum Gasteiger partial charge on any atom is -0.459 e. The van der Waals surface area contributed by atoms with E-state index in [1.807, 2.05) is 25.1 Å². The maximum Gasteiger partial charge on any atom is 0.284 e. The molecule has 36 heavy (non-hydrogen) atoms. The fraction of sp³-hybridized carbons (Fsp3) is 0.357. The molecule has 1 aromatic heterocycles. The molecule has 2 amide bonds. The lowest BCUT2D eigenvalue weighted by Crippen LogP contribution is -2.34. The predicted octanol–water partition coefficient (Wildman–Crippen LogP) is 4.71. The minimum atomic E-state index is -0.577. The van der Waals surface area contributed by atoms with Gasteiger partial charge in [0.1, 0.15) is 5.82 Å². The quantitative estimate of drug-likeness (QED) is 0.500. The Kier molecular flexibility index (Phi) is 6.86. The average Bonchev–Trinajstić information content (AvgIpc) is 3.53. The van der Waals surface area contributed by atoms with Crippen LogP contribution in [0.3, 0.4) is 0 Å². The summed E-state index contributed by atoms with van der Waals surface area (Å²) in [7, 11) is 0. The third-order valence-electron chi connectivity index (χ3n) is 7.64. The molecule has 2 N–H and O–H groups in total. The molecule has 2 aliphatic rings. The number of primary amides is 1. The van der Waals surface area contributed by atoms with Gasteiger partial charge in [-0.1, -0.05) is 48.0 Å². The number of carbonyl (C=O) groups excluding carboxylic acids is 2. The Morgan fingerprint density at radius 2 is 1.78 bits per heavy atom. The summed E-state index contributed by atoms with van der Waals surface area (Å²) in [6, 6.07) is 14.5. The molecule has 2 unspecified atom stereocenters. The zero-order chi connectivity index (χ0) is 25.4. The topological polar surface area (TPSA) is 79.8 Å². The summed E-state index contributed by atoms with van der Waals surface area (Å²) in [6.45, 7) is 5.74. The van der Waals surface area contributed by atoms with Crippen molar-refractivity contribution in [1.82, 2.24) is 9.80 Å². The zero-order valence-corrected chi connectivity index (χ0v) is 20.9. The summed E-state index contributed by atoms with van der Waals surface area (Å²) < 4.78 is 19.8. The molecule has 2 aliphatic heterocycles. The smallest absolute Gasteiger partial charge is 0.284 e. The minimum absolute atomic E-state index is 0.0347. The first-order valence-electron chi connectivity index (χ1n) is 12.2. The van der Waals surface area contributed by atoms with E-state index in [4.69, 9.17) is 21.8 Å². The van der Waals surface area contributed by atoms with Crippen LogP contribution in [0.1, 0.15) is 49.9 Å². The number of benzene rings is 2. The van der Waals surface area contributed by atoms with Crippen molar-refractivity contribution in [2.75, 3.05) is 32.7 Å². The molecule has 0 aliphatic carbocycles. The fourth-order valence-corrected chi connectivity index (χ4v) is 6.06. The van der Waals surface area contributed by atoms with E-state index in [0.717, 1.165) is 42.7 Å². The number of rotatable bonds is 7. The zero-order valence-electron chi connectivity index (χ0n) is 20.1. The molecule has 3 aromatic rings. The first kappa shape index (κ1) is 24.5. The fourth-order valence-electron chi connectivity index (χ4n) is 5.81. The first-order chi connectivity index (χ1) is 17.3. The van der Waals surface area contributed by atoms with Crippen LogP contribution in [0.5, 0.6) is 0 Å². The Bertz CT molecular complexity index is 1240. The van der Waals surface area contributed by atoms with Crippen molar-refractivity contribution in [3.05, 3.63) is 93.6 Å². The Hall–Kier alpha value is -3.16. The largest absolute Gasteiger partial charge is 0.459 e. The normalized spacial score (nSPS) is 20.5. The molecule has 0 spiro atoms. The molecule has 0 saturated carbocycles. The van der Waals surface area contributed by atoms with E-state index in [2.05, 4.69) is 17.0 Å². The molecule has 3 heterocycles. The van der Waals surface area contributed by atoms with Gasteiger partial charge in [-0.15, -0.1) is 0 Å². The van der Waals surface area contributed by atoms with E-state index >= 15 is 0 Å². The van der Waals surface area contributed by atoms with Crippen molar-refractivity contribution in [2.24, 2.45) is 17.6 Å². The van der Waals surface area contributed by atoms with Gasteiger partial charge in [0, 0.05) is 43.2 Å². The van der Waals surface area contributed by atoms with Gasteiger partial charge in [0.25, 0.3) is 11.8 Å². The molecule has 188 valence electrons. The van der Waals surface area contributed by atoms with E-state index in [1.54, 1.807) is 17.2 Å². The van der Waals surface area contributed by atoms with Crippen LogP contribution in [0.15, 0.2) is 59.2 Å². The summed E-state index contributed by atoms with van der Waals surface area (Å²) in [5.41, 5.74) is 8.38. The van der Waals surface area contributed by atoms with Gasteiger partial charge >= 0.3 is 0 Å². The Labute approximate surface area is 214 Å². The standard InChI is InChI=1S/C28H29ClFN3O3/c1-17-22(16-36-26(17)27(31)34)21(18-6-3-2-4-7-18)10-11-32-12-19-14-33(15-20(19)13-32)28(35)25-23(29)8-5-9-24(25)30/h2-9,16,19-21H,10-15H2,1H3,(H2,31,34)/t19?,20?,21-/m0/s1. The van der Waals surface area contributed by atoms with E-state index in [-0.39, 0.29) is 28.2 Å². The predicted molar refractivity (Wildman–Crippen MR) is 136 cm³/mol. The Balaban J connectivity index is 1.24. The average molecular weight is 510 g/mol. The van der Waals surface area contributed by atoms with Gasteiger partial charge in [0.05, 0.1) is 16.8 Å². The summed E-state index contributed by atoms with van der Waals surface area (Å²) in [5.74, 6) is -0.477. The van der Waals surface area contributed by atoms with Gasteiger partial charge in [-0.2, -0.15) is 0 Å². The second-order valence-corrected chi connectivity index (χ2v) is 10.3. The highest BCUT2D eigenvalue weighted by atomic mass is 35.5. The highest BCUT2D eigenvalue weighted by Gasteiger charge is 2.42. The number of carbonyl (C=O) groups is 2. The maximum atomic E-state index is 14.3. The number of nitrogens with two attached hydrogens (primary N) is 1. The van der Waals surface area contributed by atoms with Gasteiger partial charge in [-0.05, 0) is 49.4 Å². The number of nitrogens with zero attached hydrogens (tertiary/aromatic N) is 2. The number of hydrogen-bond donors (Lipinski definition) is 1. The van der Waals surface area contributed by atoms with Crippen molar-refractivity contribution in [2.45, 2.75) is 19.3 Å². The van der Waals surface area contributed by atoms with Crippen LogP contribution in [0.25, 0.3) is 0 Å². The SMILES string of the molecule is Cc1c([C@@H](CCN2CC3CN(C(=O)c4c(F)cccc4Cl)CC3C2)c2ccccc2)coc1C(N)=O. The molecule has 2 fully saturated rings. The number of halogens is 2. The van der Waals surface area contributed by atoms with Gasteiger partial charge < -0.3 is 20.0 Å². The molecule has 0 radical (unpaired) electrons. The maximum absolute atomic E-state index is 14.3. The lowest BCUT2D eigenvalue weighted by molar-refractivity contribution is 0.0769. The van der Waals surface area contributed by atoms with E-state index < -0.39 is 11.7 Å². The van der Waals surface area contributed by atoms with Crippen LogP contribution in [0, 0.1) is 24.6 Å². The lowest BCUT2D eigenvalue weighted by atomic mass is 9.87. The molecule has 6 nitrogen and oxygen atoms in total. The summed E-state index contributed by atoms with van der Waals surface area (Å²) in [6.07, 6.45) is 2.51. The molecular formula is C28H29ClFN3O3. The van der Waals surface area contributed by atoms with Crippen LogP contribution in [0.4, 0.5) is 4.39 Å². The van der Waals surface area contributed by atoms with Crippen molar-refractivity contribution in [1.29, 1.82) is 0 Å². The number of hydrogen-bond acceptors (Lipinski definition) is 4. The molecule has 2 aromatic carbocycles. The van der Waals surface area contributed by atoms with Crippen molar-refractivity contribution < 1.29 is 18.4 Å².